The van der Waals surface area contributed by atoms with Gasteiger partial charge in [0.1, 0.15) is 18.0 Å². The maximum Gasteiger partial charge on any atom is 0.134 e. The van der Waals surface area contributed by atoms with Crippen LogP contribution in [0.4, 0.5) is 11.6 Å². The lowest BCUT2D eigenvalue weighted by atomic mass is 10.1. The zero-order valence-corrected chi connectivity index (χ0v) is 10.7. The predicted octanol–water partition coefficient (Wildman–Crippen LogP) is 0.496. The number of aromatic nitrogens is 2. The van der Waals surface area contributed by atoms with Gasteiger partial charge in [0.05, 0.1) is 12.7 Å². The van der Waals surface area contributed by atoms with Crippen LogP contribution < -0.4 is 10.2 Å². The molecule has 1 aliphatic rings. The topological polar surface area (TPSA) is 70.5 Å². The summed E-state index contributed by atoms with van der Waals surface area (Å²) >= 11 is 0. The molecular formula is C12H20N4O2. The predicted molar refractivity (Wildman–Crippen MR) is 69.9 cm³/mol. The summed E-state index contributed by atoms with van der Waals surface area (Å²) in [6.45, 7) is 3.06. The molecule has 2 heterocycles. The molecule has 0 atom stereocenters. The van der Waals surface area contributed by atoms with E-state index in [9.17, 15) is 5.11 Å². The molecule has 2 rings (SSSR count). The number of nitrogens with one attached hydrogen (secondary N) is 1. The second kappa shape index (κ2) is 6.51. The van der Waals surface area contributed by atoms with E-state index in [0.717, 1.165) is 44.1 Å². The summed E-state index contributed by atoms with van der Waals surface area (Å²) in [4.78, 5) is 10.6. The molecule has 18 heavy (non-hydrogen) atoms. The number of anilines is 2. The summed E-state index contributed by atoms with van der Waals surface area (Å²) in [7, 11) is 1.67. The Morgan fingerprint density at radius 2 is 2.22 bits per heavy atom. The van der Waals surface area contributed by atoms with Gasteiger partial charge < -0.3 is 20.1 Å². The number of methoxy groups -OCH3 is 1. The number of piperidine rings is 1. The monoisotopic (exact) mass is 252 g/mol. The molecule has 1 aliphatic heterocycles. The van der Waals surface area contributed by atoms with E-state index in [2.05, 4.69) is 20.2 Å². The second-order valence-corrected chi connectivity index (χ2v) is 4.40. The third-order valence-corrected chi connectivity index (χ3v) is 3.05. The minimum atomic E-state index is -0.164. The molecular weight excluding hydrogens is 232 g/mol. The van der Waals surface area contributed by atoms with Crippen molar-refractivity contribution in [1.29, 1.82) is 0 Å². The van der Waals surface area contributed by atoms with E-state index in [1.54, 1.807) is 13.4 Å². The van der Waals surface area contributed by atoms with Crippen molar-refractivity contribution in [2.24, 2.45) is 0 Å². The lowest BCUT2D eigenvalue weighted by Crippen LogP contribution is -2.36. The van der Waals surface area contributed by atoms with E-state index >= 15 is 0 Å². The molecule has 100 valence electrons. The minimum Gasteiger partial charge on any atom is -0.393 e. The fourth-order valence-electron chi connectivity index (χ4n) is 1.99. The Morgan fingerprint density at radius 3 is 2.94 bits per heavy atom. The molecule has 0 amide bonds. The maximum absolute atomic E-state index is 9.49. The van der Waals surface area contributed by atoms with E-state index < -0.39 is 0 Å². The number of hydrogen-bond donors (Lipinski definition) is 2. The van der Waals surface area contributed by atoms with Crippen LogP contribution in [-0.2, 0) is 4.74 Å². The average molecular weight is 252 g/mol. The van der Waals surface area contributed by atoms with Crippen LogP contribution in [0.2, 0.25) is 0 Å². The lowest BCUT2D eigenvalue weighted by Gasteiger charge is -2.30. The van der Waals surface area contributed by atoms with E-state index in [1.165, 1.54) is 0 Å². The van der Waals surface area contributed by atoms with Crippen LogP contribution in [0.25, 0.3) is 0 Å². The molecule has 6 nitrogen and oxygen atoms in total. The fraction of sp³-hybridized carbons (Fsp3) is 0.667. The highest BCUT2D eigenvalue weighted by atomic mass is 16.5. The van der Waals surface area contributed by atoms with Gasteiger partial charge in [0.15, 0.2) is 0 Å². The van der Waals surface area contributed by atoms with Crippen LogP contribution >= 0.6 is 0 Å². The van der Waals surface area contributed by atoms with Gasteiger partial charge in [0, 0.05) is 32.8 Å². The van der Waals surface area contributed by atoms with Gasteiger partial charge in [0.25, 0.3) is 0 Å². The van der Waals surface area contributed by atoms with Crippen molar-refractivity contribution in [3.05, 3.63) is 12.4 Å². The largest absolute Gasteiger partial charge is 0.393 e. The summed E-state index contributed by atoms with van der Waals surface area (Å²) in [5.74, 6) is 1.72. The first-order valence-electron chi connectivity index (χ1n) is 6.27. The molecule has 0 aromatic carbocycles. The van der Waals surface area contributed by atoms with Gasteiger partial charge in [-0.3, -0.25) is 0 Å². The van der Waals surface area contributed by atoms with Gasteiger partial charge in [-0.15, -0.1) is 0 Å². The first-order chi connectivity index (χ1) is 8.79. The Morgan fingerprint density at radius 1 is 1.44 bits per heavy atom. The Kier molecular flexibility index (Phi) is 4.72. The smallest absolute Gasteiger partial charge is 0.134 e. The Hall–Kier alpha value is -1.40. The molecule has 2 N–H and O–H groups in total. The van der Waals surface area contributed by atoms with Gasteiger partial charge in [-0.1, -0.05) is 0 Å². The van der Waals surface area contributed by atoms with Crippen molar-refractivity contribution >= 4 is 11.6 Å². The summed E-state index contributed by atoms with van der Waals surface area (Å²) < 4.78 is 4.98. The molecule has 1 aromatic heterocycles. The molecule has 1 aromatic rings. The Labute approximate surface area is 107 Å². The van der Waals surface area contributed by atoms with E-state index in [1.807, 2.05) is 6.07 Å². The number of nitrogens with zero attached hydrogens (tertiary/aromatic N) is 3. The van der Waals surface area contributed by atoms with Crippen LogP contribution in [0.15, 0.2) is 12.4 Å². The molecule has 0 bridgehead atoms. The summed E-state index contributed by atoms with van der Waals surface area (Å²) in [5, 5.41) is 12.7. The number of rotatable bonds is 5. The third kappa shape index (κ3) is 3.54. The number of aliphatic hydroxyl groups is 1. The van der Waals surface area contributed by atoms with Crippen molar-refractivity contribution in [2.45, 2.75) is 18.9 Å². The van der Waals surface area contributed by atoms with Crippen molar-refractivity contribution in [3.8, 4) is 0 Å². The van der Waals surface area contributed by atoms with Gasteiger partial charge >= 0.3 is 0 Å². The Balaban J connectivity index is 1.94. The van der Waals surface area contributed by atoms with Gasteiger partial charge in [-0.2, -0.15) is 0 Å². The van der Waals surface area contributed by atoms with E-state index in [-0.39, 0.29) is 6.10 Å². The zero-order chi connectivity index (χ0) is 12.8. The highest BCUT2D eigenvalue weighted by molar-refractivity contribution is 5.48. The molecule has 1 fully saturated rings. The number of hydrogen-bond acceptors (Lipinski definition) is 6. The third-order valence-electron chi connectivity index (χ3n) is 3.05. The van der Waals surface area contributed by atoms with Crippen LogP contribution in [0.5, 0.6) is 0 Å². The first-order valence-corrected chi connectivity index (χ1v) is 6.27. The summed E-state index contributed by atoms with van der Waals surface area (Å²) in [6, 6.07) is 1.94. The van der Waals surface area contributed by atoms with Crippen LogP contribution in [0.3, 0.4) is 0 Å². The molecule has 6 heteroatoms. The minimum absolute atomic E-state index is 0.164. The van der Waals surface area contributed by atoms with Gasteiger partial charge in [-0.05, 0) is 12.8 Å². The van der Waals surface area contributed by atoms with Crippen molar-refractivity contribution in [1.82, 2.24) is 9.97 Å². The molecule has 0 unspecified atom stereocenters. The lowest BCUT2D eigenvalue weighted by molar-refractivity contribution is 0.145. The molecule has 0 saturated carbocycles. The van der Waals surface area contributed by atoms with Crippen LogP contribution in [-0.4, -0.2) is 54.5 Å². The second-order valence-electron chi connectivity index (χ2n) is 4.40. The van der Waals surface area contributed by atoms with Crippen LogP contribution in [0.1, 0.15) is 12.8 Å². The SMILES string of the molecule is COCCNc1cc(N2CCC(O)CC2)ncn1. The van der Waals surface area contributed by atoms with Crippen LogP contribution in [0, 0.1) is 0 Å². The molecule has 0 spiro atoms. The summed E-state index contributed by atoms with van der Waals surface area (Å²) in [6.07, 6.45) is 3.00. The first kappa shape index (κ1) is 13.0. The molecule has 1 saturated heterocycles. The summed E-state index contributed by atoms with van der Waals surface area (Å²) in [5.41, 5.74) is 0. The fourth-order valence-corrected chi connectivity index (χ4v) is 1.99. The standard InChI is InChI=1S/C12H20N4O2/c1-18-7-4-13-11-8-12(15-9-14-11)16-5-2-10(17)3-6-16/h8-10,17H,2-7H2,1H3,(H,13,14,15). The van der Waals surface area contributed by atoms with Crippen molar-refractivity contribution in [2.75, 3.05) is 43.6 Å². The van der Waals surface area contributed by atoms with Gasteiger partial charge in [0.2, 0.25) is 0 Å². The Bertz CT molecular complexity index is 367. The van der Waals surface area contributed by atoms with Crippen molar-refractivity contribution < 1.29 is 9.84 Å². The van der Waals surface area contributed by atoms with E-state index in [4.69, 9.17) is 4.74 Å². The number of aliphatic hydroxyl groups excluding tert-OH is 1. The van der Waals surface area contributed by atoms with E-state index in [0.29, 0.717) is 6.61 Å². The highest BCUT2D eigenvalue weighted by Gasteiger charge is 2.18. The quantitative estimate of drug-likeness (QED) is 0.744. The van der Waals surface area contributed by atoms with Gasteiger partial charge in [-0.25, -0.2) is 9.97 Å². The average Bonchev–Trinajstić information content (AvgIpc) is 2.40. The molecule has 0 aliphatic carbocycles. The maximum atomic E-state index is 9.49. The molecule has 0 radical (unpaired) electrons. The highest BCUT2D eigenvalue weighted by Crippen LogP contribution is 2.19. The normalized spacial score (nSPS) is 16.9. The number of ether oxygens (including phenoxy) is 1. The van der Waals surface area contributed by atoms with Crippen molar-refractivity contribution in [3.63, 3.8) is 0 Å². The zero-order valence-electron chi connectivity index (χ0n) is 10.7.